The fourth-order valence-corrected chi connectivity index (χ4v) is 4.14. The molecule has 2 heterocycles. The van der Waals surface area contributed by atoms with Gasteiger partial charge in [0, 0.05) is 30.9 Å². The molecule has 2 aliphatic heterocycles. The van der Waals surface area contributed by atoms with E-state index in [0.29, 0.717) is 23.9 Å². The van der Waals surface area contributed by atoms with Crippen LogP contribution in [-0.4, -0.2) is 42.0 Å². The van der Waals surface area contributed by atoms with Gasteiger partial charge in [0.1, 0.15) is 6.04 Å². The highest BCUT2D eigenvalue weighted by Gasteiger charge is 2.39. The number of nitrogens with one attached hydrogen (secondary N) is 3. The molecule has 144 valence electrons. The van der Waals surface area contributed by atoms with Crippen LogP contribution in [0, 0.1) is 5.92 Å². The molecule has 0 bridgehead atoms. The van der Waals surface area contributed by atoms with Crippen LogP contribution in [-0.2, 0) is 4.79 Å². The summed E-state index contributed by atoms with van der Waals surface area (Å²) < 4.78 is 0. The van der Waals surface area contributed by atoms with Crippen LogP contribution in [0.1, 0.15) is 58.4 Å². The predicted octanol–water partition coefficient (Wildman–Crippen LogP) is 3.10. The van der Waals surface area contributed by atoms with Crippen molar-refractivity contribution in [2.75, 3.05) is 18.4 Å². The van der Waals surface area contributed by atoms with Gasteiger partial charge in [0.05, 0.1) is 0 Å². The topological polar surface area (TPSA) is 56.4 Å². The van der Waals surface area contributed by atoms with E-state index in [0.717, 1.165) is 38.0 Å². The lowest BCUT2D eigenvalue weighted by Crippen LogP contribution is -2.52. The Bertz CT molecular complexity index is 601. The van der Waals surface area contributed by atoms with Crippen LogP contribution in [0.15, 0.2) is 24.3 Å². The number of hydrogen-bond donors (Lipinski definition) is 3. The van der Waals surface area contributed by atoms with Crippen LogP contribution in [0.4, 0.5) is 5.69 Å². The van der Waals surface area contributed by atoms with Gasteiger partial charge in [-0.3, -0.25) is 10.2 Å². The number of anilines is 1. The van der Waals surface area contributed by atoms with Crippen LogP contribution in [0.3, 0.4) is 0 Å². The first-order valence-corrected chi connectivity index (χ1v) is 10.2. The van der Waals surface area contributed by atoms with Crippen molar-refractivity contribution < 1.29 is 4.79 Å². The lowest BCUT2D eigenvalue weighted by molar-refractivity contribution is -0.135. The van der Waals surface area contributed by atoms with E-state index in [-0.39, 0.29) is 11.9 Å². The number of hydrazine groups is 1. The molecule has 0 saturated carbocycles. The van der Waals surface area contributed by atoms with Gasteiger partial charge in [-0.05, 0) is 48.8 Å². The quantitative estimate of drug-likeness (QED) is 0.757. The maximum atomic E-state index is 13.0. The van der Waals surface area contributed by atoms with Crippen LogP contribution in [0.5, 0.6) is 0 Å². The third-order valence-corrected chi connectivity index (χ3v) is 5.97. The molecule has 3 N–H and O–H groups in total. The van der Waals surface area contributed by atoms with Gasteiger partial charge in [-0.1, -0.05) is 39.8 Å². The fraction of sp³-hybridized carbons (Fsp3) is 0.667. The molecule has 3 rings (SSSR count). The minimum absolute atomic E-state index is 0.107. The van der Waals surface area contributed by atoms with Gasteiger partial charge < -0.3 is 10.2 Å². The number of nitrogens with zero attached hydrogens (tertiary/aromatic N) is 1. The summed E-state index contributed by atoms with van der Waals surface area (Å²) in [4.78, 5) is 15.0. The first-order valence-electron chi connectivity index (χ1n) is 10.2. The minimum Gasteiger partial charge on any atom is -0.381 e. The number of likely N-dealkylation sites (tertiary alicyclic amines) is 1. The van der Waals surface area contributed by atoms with Crippen molar-refractivity contribution in [3.63, 3.8) is 0 Å². The standard InChI is InChI=1S/C21H34N4O/c1-5-19-15(4)20(24-23-19)21(26)25-12-6-7-18(13-25)22-17-10-8-16(9-11-17)14(2)3/h8-11,14-15,18-20,22-24H,5-7,12-13H2,1-4H3. The second kappa shape index (κ2) is 8.40. The Morgan fingerprint density at radius 2 is 2.00 bits per heavy atom. The van der Waals surface area contributed by atoms with Gasteiger partial charge in [-0.2, -0.15) is 0 Å². The third-order valence-electron chi connectivity index (χ3n) is 5.97. The maximum Gasteiger partial charge on any atom is 0.241 e. The van der Waals surface area contributed by atoms with Crippen molar-refractivity contribution in [3.8, 4) is 0 Å². The zero-order chi connectivity index (χ0) is 18.7. The fourth-order valence-electron chi connectivity index (χ4n) is 4.14. The van der Waals surface area contributed by atoms with E-state index in [4.69, 9.17) is 0 Å². The van der Waals surface area contributed by atoms with E-state index in [2.05, 4.69) is 68.1 Å². The summed E-state index contributed by atoms with van der Waals surface area (Å²) in [7, 11) is 0. The molecule has 2 aliphatic rings. The van der Waals surface area contributed by atoms with Crippen molar-refractivity contribution in [1.29, 1.82) is 0 Å². The molecule has 26 heavy (non-hydrogen) atoms. The Hall–Kier alpha value is -1.59. The number of carbonyl (C=O) groups is 1. The highest BCUT2D eigenvalue weighted by atomic mass is 16.2. The molecule has 0 aromatic heterocycles. The normalized spacial score (nSPS) is 29.2. The average molecular weight is 359 g/mol. The van der Waals surface area contributed by atoms with Gasteiger partial charge in [0.25, 0.3) is 0 Å². The average Bonchev–Trinajstić information content (AvgIpc) is 3.02. The van der Waals surface area contributed by atoms with Crippen molar-refractivity contribution in [2.45, 2.75) is 71.0 Å². The SMILES string of the molecule is CCC1NNC(C(=O)N2CCCC(Nc3ccc(C(C)C)cc3)C2)C1C. The summed E-state index contributed by atoms with van der Waals surface area (Å²) in [5, 5.41) is 3.62. The molecule has 1 amide bonds. The molecule has 2 fully saturated rings. The van der Waals surface area contributed by atoms with Crippen molar-refractivity contribution in [1.82, 2.24) is 15.8 Å². The molecule has 2 saturated heterocycles. The highest BCUT2D eigenvalue weighted by molar-refractivity contribution is 5.82. The third kappa shape index (κ3) is 4.21. The van der Waals surface area contributed by atoms with Crippen LogP contribution < -0.4 is 16.2 Å². The highest BCUT2D eigenvalue weighted by Crippen LogP contribution is 2.23. The Morgan fingerprint density at radius 1 is 1.27 bits per heavy atom. The van der Waals surface area contributed by atoms with E-state index in [1.807, 2.05) is 4.90 Å². The molecule has 0 spiro atoms. The van der Waals surface area contributed by atoms with Gasteiger partial charge in [0.15, 0.2) is 0 Å². The molecule has 5 heteroatoms. The van der Waals surface area contributed by atoms with E-state index >= 15 is 0 Å². The summed E-state index contributed by atoms with van der Waals surface area (Å²) in [6, 6.07) is 9.30. The number of rotatable bonds is 5. The van der Waals surface area contributed by atoms with Gasteiger partial charge in [-0.25, -0.2) is 5.43 Å². The number of carbonyl (C=O) groups excluding carboxylic acids is 1. The van der Waals surface area contributed by atoms with E-state index in [9.17, 15) is 4.79 Å². The molecule has 5 nitrogen and oxygen atoms in total. The van der Waals surface area contributed by atoms with Crippen LogP contribution >= 0.6 is 0 Å². The molecule has 4 unspecified atom stereocenters. The summed E-state index contributed by atoms with van der Waals surface area (Å²) in [6.45, 7) is 10.4. The molecule has 1 aromatic rings. The molecule has 4 atom stereocenters. The molecular weight excluding hydrogens is 324 g/mol. The first-order chi connectivity index (χ1) is 12.5. The minimum atomic E-state index is -0.107. The molecular formula is C21H34N4O. The lowest BCUT2D eigenvalue weighted by Gasteiger charge is -2.35. The smallest absolute Gasteiger partial charge is 0.241 e. The van der Waals surface area contributed by atoms with E-state index in [1.54, 1.807) is 0 Å². The number of amides is 1. The predicted molar refractivity (Wildman–Crippen MR) is 107 cm³/mol. The van der Waals surface area contributed by atoms with Gasteiger partial charge in [0.2, 0.25) is 5.91 Å². The van der Waals surface area contributed by atoms with E-state index < -0.39 is 0 Å². The summed E-state index contributed by atoms with van der Waals surface area (Å²) in [6.07, 6.45) is 3.20. The monoisotopic (exact) mass is 358 g/mol. The number of benzene rings is 1. The second-order valence-corrected chi connectivity index (χ2v) is 8.18. The number of piperidine rings is 1. The maximum absolute atomic E-state index is 13.0. The molecule has 0 aliphatic carbocycles. The zero-order valence-electron chi connectivity index (χ0n) is 16.6. The van der Waals surface area contributed by atoms with Crippen LogP contribution in [0.2, 0.25) is 0 Å². The van der Waals surface area contributed by atoms with Gasteiger partial charge in [-0.15, -0.1) is 0 Å². The molecule has 1 aromatic carbocycles. The Morgan fingerprint density at radius 3 is 2.62 bits per heavy atom. The summed E-state index contributed by atoms with van der Waals surface area (Å²) in [5.74, 6) is 1.11. The largest absolute Gasteiger partial charge is 0.381 e. The van der Waals surface area contributed by atoms with Crippen LogP contribution in [0.25, 0.3) is 0 Å². The Labute approximate surface area is 157 Å². The van der Waals surface area contributed by atoms with E-state index in [1.165, 1.54) is 5.56 Å². The zero-order valence-corrected chi connectivity index (χ0v) is 16.6. The Kier molecular flexibility index (Phi) is 6.20. The summed E-state index contributed by atoms with van der Waals surface area (Å²) >= 11 is 0. The number of hydrogen-bond acceptors (Lipinski definition) is 4. The first kappa shape index (κ1) is 19.2. The van der Waals surface area contributed by atoms with Crippen molar-refractivity contribution >= 4 is 11.6 Å². The Balaban J connectivity index is 1.58. The van der Waals surface area contributed by atoms with Crippen molar-refractivity contribution in [3.05, 3.63) is 29.8 Å². The second-order valence-electron chi connectivity index (χ2n) is 8.18. The molecule has 0 radical (unpaired) electrons. The van der Waals surface area contributed by atoms with Crippen molar-refractivity contribution in [2.24, 2.45) is 5.92 Å². The summed E-state index contributed by atoms with van der Waals surface area (Å²) in [5.41, 5.74) is 9.01. The lowest BCUT2D eigenvalue weighted by atomic mass is 9.93. The van der Waals surface area contributed by atoms with Gasteiger partial charge >= 0.3 is 0 Å².